The highest BCUT2D eigenvalue weighted by atomic mass is 35.5. The standard InChI is InChI=1S/C25H19ClF4N2O4/c1-31-22(25(28,29)30)13-23(33)32(24(31)34)18-12-21(16(26)11-17(18)27)36-20-10-6-5-9-19(20)35-14-15-7-3-2-4-8-15/h2-13,23,33H,14H2,1H3. The van der Waals surface area contributed by atoms with Gasteiger partial charge in [0.15, 0.2) is 17.7 Å². The maximum Gasteiger partial charge on any atom is 0.431 e. The van der Waals surface area contributed by atoms with Crippen molar-refractivity contribution in [2.24, 2.45) is 0 Å². The van der Waals surface area contributed by atoms with E-state index in [0.717, 1.165) is 24.7 Å². The summed E-state index contributed by atoms with van der Waals surface area (Å²) in [4.78, 5) is 13.4. The highest BCUT2D eigenvalue weighted by molar-refractivity contribution is 6.32. The van der Waals surface area contributed by atoms with Crippen molar-refractivity contribution < 1.29 is 36.9 Å². The van der Waals surface area contributed by atoms with Crippen LogP contribution in [0.5, 0.6) is 17.2 Å². The second kappa shape index (κ2) is 10.1. The average Bonchev–Trinajstić information content (AvgIpc) is 2.83. The van der Waals surface area contributed by atoms with Gasteiger partial charge in [0.05, 0.1) is 10.7 Å². The lowest BCUT2D eigenvalue weighted by Crippen LogP contribution is -2.52. The fraction of sp³-hybridized carbons (Fsp3) is 0.160. The number of aliphatic hydroxyl groups is 1. The van der Waals surface area contributed by atoms with Gasteiger partial charge < -0.3 is 14.6 Å². The third-order valence-corrected chi connectivity index (χ3v) is 5.58. The lowest BCUT2D eigenvalue weighted by atomic mass is 10.2. The number of hydrogen-bond acceptors (Lipinski definition) is 4. The maximum atomic E-state index is 14.8. The van der Waals surface area contributed by atoms with Crippen LogP contribution < -0.4 is 14.4 Å². The molecule has 1 N–H and O–H groups in total. The van der Waals surface area contributed by atoms with Crippen LogP contribution in [0.4, 0.5) is 28.0 Å². The maximum absolute atomic E-state index is 14.8. The van der Waals surface area contributed by atoms with Gasteiger partial charge in [0, 0.05) is 13.1 Å². The van der Waals surface area contributed by atoms with Gasteiger partial charge in [-0.3, -0.25) is 9.80 Å². The number of urea groups is 1. The fourth-order valence-electron chi connectivity index (χ4n) is 3.52. The van der Waals surface area contributed by atoms with Gasteiger partial charge in [0.2, 0.25) is 0 Å². The number of rotatable bonds is 6. The summed E-state index contributed by atoms with van der Waals surface area (Å²) < 4.78 is 66.1. The summed E-state index contributed by atoms with van der Waals surface area (Å²) in [6.45, 7) is 0.234. The van der Waals surface area contributed by atoms with Crippen LogP contribution in [-0.4, -0.2) is 35.5 Å². The van der Waals surface area contributed by atoms with Gasteiger partial charge in [-0.15, -0.1) is 0 Å². The van der Waals surface area contributed by atoms with E-state index in [1.54, 1.807) is 24.3 Å². The van der Waals surface area contributed by atoms with Crippen LogP contribution in [0, 0.1) is 5.82 Å². The first-order valence-corrected chi connectivity index (χ1v) is 10.9. The molecule has 1 unspecified atom stereocenters. The number of aliphatic hydroxyl groups excluding tert-OH is 1. The molecular weight excluding hydrogens is 504 g/mol. The number of benzene rings is 3. The zero-order valence-electron chi connectivity index (χ0n) is 18.7. The Bertz CT molecular complexity index is 1300. The average molecular weight is 523 g/mol. The molecule has 0 aromatic heterocycles. The Balaban J connectivity index is 1.64. The van der Waals surface area contributed by atoms with E-state index in [2.05, 4.69) is 0 Å². The Morgan fingerprint density at radius 3 is 2.31 bits per heavy atom. The van der Waals surface area contributed by atoms with Crippen LogP contribution in [0.3, 0.4) is 0 Å². The first kappa shape index (κ1) is 25.3. The zero-order valence-corrected chi connectivity index (χ0v) is 19.4. The van der Waals surface area contributed by atoms with Gasteiger partial charge in [-0.25, -0.2) is 9.18 Å². The number of ether oxygens (including phenoxy) is 2. The molecule has 1 aliphatic rings. The molecular formula is C25H19ClF4N2O4. The second-order valence-corrected chi connectivity index (χ2v) is 8.14. The number of halogens is 5. The summed E-state index contributed by atoms with van der Waals surface area (Å²) in [5, 5.41) is 10.1. The van der Waals surface area contributed by atoms with E-state index in [4.69, 9.17) is 21.1 Å². The molecule has 1 atom stereocenters. The number of anilines is 1. The molecule has 6 nitrogen and oxygen atoms in total. The lowest BCUT2D eigenvalue weighted by molar-refractivity contribution is -0.108. The Morgan fingerprint density at radius 1 is 1.00 bits per heavy atom. The molecule has 0 spiro atoms. The van der Waals surface area contributed by atoms with Gasteiger partial charge in [0.1, 0.15) is 23.9 Å². The van der Waals surface area contributed by atoms with E-state index in [1.807, 2.05) is 30.3 Å². The molecule has 2 amide bonds. The van der Waals surface area contributed by atoms with Gasteiger partial charge in [-0.2, -0.15) is 13.2 Å². The Hall–Kier alpha value is -3.76. The number of allylic oxidation sites excluding steroid dienone is 1. The predicted molar refractivity (Wildman–Crippen MR) is 124 cm³/mol. The van der Waals surface area contributed by atoms with Crippen molar-refractivity contribution >= 4 is 23.3 Å². The molecule has 3 aromatic rings. The molecule has 0 bridgehead atoms. The highest BCUT2D eigenvalue weighted by Crippen LogP contribution is 2.41. The van der Waals surface area contributed by atoms with E-state index in [1.165, 1.54) is 0 Å². The van der Waals surface area contributed by atoms with E-state index >= 15 is 0 Å². The monoisotopic (exact) mass is 522 g/mol. The van der Waals surface area contributed by atoms with Gasteiger partial charge in [0.25, 0.3) is 0 Å². The van der Waals surface area contributed by atoms with Crippen LogP contribution in [-0.2, 0) is 6.61 Å². The Labute approximate surface area is 208 Å². The van der Waals surface area contributed by atoms with Crippen LogP contribution in [0.1, 0.15) is 5.56 Å². The van der Waals surface area contributed by atoms with Crippen LogP contribution in [0.2, 0.25) is 5.02 Å². The first-order valence-electron chi connectivity index (χ1n) is 10.5. The number of carbonyl (C=O) groups is 1. The Morgan fingerprint density at radius 2 is 1.64 bits per heavy atom. The minimum Gasteiger partial charge on any atom is -0.485 e. The number of amides is 2. The SMILES string of the molecule is CN1C(=O)N(c2cc(Oc3ccccc3OCc3ccccc3)c(Cl)cc2F)C(O)C=C1C(F)(F)F. The summed E-state index contributed by atoms with van der Waals surface area (Å²) in [5.41, 5.74) is -0.993. The van der Waals surface area contributed by atoms with E-state index < -0.39 is 35.6 Å². The van der Waals surface area contributed by atoms with Gasteiger partial charge in [-0.05, 0) is 29.8 Å². The molecule has 1 aliphatic heterocycles. The molecule has 1 heterocycles. The van der Waals surface area contributed by atoms with Crippen molar-refractivity contribution in [2.75, 3.05) is 11.9 Å². The fourth-order valence-corrected chi connectivity index (χ4v) is 3.71. The number of hydrogen-bond donors (Lipinski definition) is 1. The molecule has 36 heavy (non-hydrogen) atoms. The van der Waals surface area contributed by atoms with Crippen molar-refractivity contribution in [2.45, 2.75) is 19.0 Å². The summed E-state index contributed by atoms with van der Waals surface area (Å²) >= 11 is 6.16. The van der Waals surface area contributed by atoms with Crippen LogP contribution in [0.15, 0.2) is 78.5 Å². The predicted octanol–water partition coefficient (Wildman–Crippen LogP) is 6.49. The highest BCUT2D eigenvalue weighted by Gasteiger charge is 2.45. The largest absolute Gasteiger partial charge is 0.485 e. The summed E-state index contributed by atoms with van der Waals surface area (Å²) in [7, 11) is 0.867. The third-order valence-electron chi connectivity index (χ3n) is 5.28. The molecule has 0 radical (unpaired) electrons. The lowest BCUT2D eigenvalue weighted by Gasteiger charge is -2.37. The Kier molecular flexibility index (Phi) is 7.09. The molecule has 11 heteroatoms. The number of carbonyl (C=O) groups excluding carboxylic acids is 1. The van der Waals surface area contributed by atoms with Crippen LogP contribution >= 0.6 is 11.6 Å². The summed E-state index contributed by atoms with van der Waals surface area (Å²) in [6.07, 6.45) is -6.58. The van der Waals surface area contributed by atoms with Gasteiger partial charge in [-0.1, -0.05) is 54.1 Å². The number of para-hydroxylation sites is 2. The van der Waals surface area contributed by atoms with E-state index in [9.17, 15) is 27.5 Å². The number of alkyl halides is 3. The van der Waals surface area contributed by atoms with Gasteiger partial charge >= 0.3 is 12.2 Å². The quantitative estimate of drug-likeness (QED) is 0.376. The zero-order chi connectivity index (χ0) is 26.0. The first-order chi connectivity index (χ1) is 17.1. The van der Waals surface area contributed by atoms with Crippen molar-refractivity contribution in [3.63, 3.8) is 0 Å². The van der Waals surface area contributed by atoms with Crippen LogP contribution in [0.25, 0.3) is 0 Å². The minimum absolute atomic E-state index is 0.114. The molecule has 4 rings (SSSR count). The minimum atomic E-state index is -4.90. The summed E-state index contributed by atoms with van der Waals surface area (Å²) in [5.74, 6) is -0.604. The van der Waals surface area contributed by atoms with Crippen molar-refractivity contribution in [3.8, 4) is 17.2 Å². The van der Waals surface area contributed by atoms with E-state index in [-0.39, 0.29) is 28.0 Å². The smallest absolute Gasteiger partial charge is 0.431 e. The van der Waals surface area contributed by atoms with Crippen molar-refractivity contribution in [1.82, 2.24) is 4.90 Å². The second-order valence-electron chi connectivity index (χ2n) is 7.73. The topological polar surface area (TPSA) is 62.2 Å². The van der Waals surface area contributed by atoms with E-state index in [0.29, 0.717) is 16.7 Å². The molecule has 0 saturated carbocycles. The van der Waals surface area contributed by atoms with Crippen molar-refractivity contribution in [3.05, 3.63) is 94.9 Å². The molecule has 188 valence electrons. The molecule has 3 aromatic carbocycles. The molecule has 0 fully saturated rings. The normalized spacial score (nSPS) is 16.1. The molecule has 0 aliphatic carbocycles. The van der Waals surface area contributed by atoms with Crippen molar-refractivity contribution in [1.29, 1.82) is 0 Å². The third kappa shape index (κ3) is 5.24. The summed E-state index contributed by atoms with van der Waals surface area (Å²) in [6, 6.07) is 16.5. The number of nitrogens with zero attached hydrogens (tertiary/aromatic N) is 2. The molecule has 0 saturated heterocycles.